The predicted octanol–water partition coefficient (Wildman–Crippen LogP) is 1.81. The molecule has 7 heteroatoms. The lowest BCUT2D eigenvalue weighted by atomic mass is 10.0. The largest absolute Gasteiger partial charge is 0.381 e. The minimum atomic E-state index is -4.20. The molecule has 0 amide bonds. The molecule has 1 fully saturated rings. The van der Waals surface area contributed by atoms with Crippen LogP contribution >= 0.6 is 0 Å². The SMILES string of the molecule is N#CC1(S(=O)(=O)c2ccc(F)cc2F)CCOCC1. The summed E-state index contributed by atoms with van der Waals surface area (Å²) in [5, 5.41) is 9.20. The van der Waals surface area contributed by atoms with Gasteiger partial charge >= 0.3 is 0 Å². The van der Waals surface area contributed by atoms with E-state index in [1.165, 1.54) is 0 Å². The van der Waals surface area contributed by atoms with E-state index >= 15 is 0 Å². The zero-order valence-electron chi connectivity index (χ0n) is 9.90. The highest BCUT2D eigenvalue weighted by atomic mass is 32.2. The van der Waals surface area contributed by atoms with Gasteiger partial charge in [0, 0.05) is 32.1 Å². The van der Waals surface area contributed by atoms with E-state index in [4.69, 9.17) is 4.74 Å². The molecule has 0 atom stereocenters. The normalized spacial score (nSPS) is 18.8. The molecule has 0 bridgehead atoms. The summed E-state index contributed by atoms with van der Waals surface area (Å²) in [5.41, 5.74) is 0. The Morgan fingerprint density at radius 1 is 1.26 bits per heavy atom. The Kier molecular flexibility index (Phi) is 3.56. The van der Waals surface area contributed by atoms with Gasteiger partial charge in [0.1, 0.15) is 16.5 Å². The first-order valence-corrected chi connectivity index (χ1v) is 7.10. The summed E-state index contributed by atoms with van der Waals surface area (Å²) >= 11 is 0. The van der Waals surface area contributed by atoms with E-state index in [2.05, 4.69) is 0 Å². The summed E-state index contributed by atoms with van der Waals surface area (Å²) in [7, 11) is -4.20. The van der Waals surface area contributed by atoms with E-state index in [0.29, 0.717) is 6.07 Å². The van der Waals surface area contributed by atoms with Crippen molar-refractivity contribution in [2.24, 2.45) is 0 Å². The molecule has 0 spiro atoms. The number of nitrogens with zero attached hydrogens (tertiary/aromatic N) is 1. The van der Waals surface area contributed by atoms with Gasteiger partial charge in [0.2, 0.25) is 0 Å². The third-order valence-electron chi connectivity index (χ3n) is 3.20. The first kappa shape index (κ1) is 13.9. The summed E-state index contributed by atoms with van der Waals surface area (Å²) in [6.07, 6.45) is -0.0503. The molecule has 0 N–H and O–H groups in total. The third-order valence-corrected chi connectivity index (χ3v) is 5.64. The van der Waals surface area contributed by atoms with Crippen LogP contribution in [-0.2, 0) is 14.6 Å². The molecule has 4 nitrogen and oxygen atoms in total. The van der Waals surface area contributed by atoms with Gasteiger partial charge in [-0.05, 0) is 12.1 Å². The van der Waals surface area contributed by atoms with Crippen LogP contribution in [0.1, 0.15) is 12.8 Å². The fourth-order valence-corrected chi connectivity index (χ4v) is 3.85. The van der Waals surface area contributed by atoms with Crippen molar-refractivity contribution < 1.29 is 21.9 Å². The van der Waals surface area contributed by atoms with Crippen molar-refractivity contribution in [1.29, 1.82) is 5.26 Å². The van der Waals surface area contributed by atoms with Gasteiger partial charge in [-0.25, -0.2) is 17.2 Å². The first-order valence-electron chi connectivity index (χ1n) is 5.62. The highest BCUT2D eigenvalue weighted by Gasteiger charge is 2.47. The number of halogens is 2. The maximum Gasteiger partial charge on any atom is 0.200 e. The van der Waals surface area contributed by atoms with Crippen LogP contribution in [0.25, 0.3) is 0 Å². The minimum Gasteiger partial charge on any atom is -0.381 e. The van der Waals surface area contributed by atoms with Crippen molar-refractivity contribution in [3.8, 4) is 6.07 Å². The van der Waals surface area contributed by atoms with Crippen molar-refractivity contribution >= 4 is 9.84 Å². The van der Waals surface area contributed by atoms with Gasteiger partial charge in [-0.2, -0.15) is 5.26 Å². The molecule has 1 aliphatic heterocycles. The maximum atomic E-state index is 13.6. The lowest BCUT2D eigenvalue weighted by molar-refractivity contribution is 0.0863. The number of rotatable bonds is 2. The fraction of sp³-hybridized carbons (Fsp3) is 0.417. The minimum absolute atomic E-state index is 0.0251. The van der Waals surface area contributed by atoms with E-state index in [0.717, 1.165) is 12.1 Å². The molecule has 0 aromatic heterocycles. The van der Waals surface area contributed by atoms with Crippen LogP contribution in [0.4, 0.5) is 8.78 Å². The van der Waals surface area contributed by atoms with Crippen LogP contribution in [0, 0.1) is 23.0 Å². The van der Waals surface area contributed by atoms with Gasteiger partial charge in [0.15, 0.2) is 14.6 Å². The van der Waals surface area contributed by atoms with Crippen molar-refractivity contribution in [3.05, 3.63) is 29.8 Å². The smallest absolute Gasteiger partial charge is 0.200 e. The summed E-state index contributed by atoms with van der Waals surface area (Å²) in [4.78, 5) is -0.641. The summed E-state index contributed by atoms with van der Waals surface area (Å²) in [6.45, 7) is 0.241. The monoisotopic (exact) mass is 287 g/mol. The van der Waals surface area contributed by atoms with Crippen LogP contribution in [0.3, 0.4) is 0 Å². The number of hydrogen-bond acceptors (Lipinski definition) is 4. The molecule has 1 aromatic rings. The molecule has 2 rings (SSSR count). The van der Waals surface area contributed by atoms with E-state index in [1.54, 1.807) is 6.07 Å². The van der Waals surface area contributed by atoms with E-state index < -0.39 is 31.1 Å². The van der Waals surface area contributed by atoms with E-state index in [-0.39, 0.29) is 26.1 Å². The molecule has 0 aliphatic carbocycles. The topological polar surface area (TPSA) is 67.2 Å². The molecule has 0 radical (unpaired) electrons. The van der Waals surface area contributed by atoms with Crippen LogP contribution in [0.15, 0.2) is 23.1 Å². The van der Waals surface area contributed by atoms with Crippen LogP contribution in [0.5, 0.6) is 0 Å². The lowest BCUT2D eigenvalue weighted by Crippen LogP contribution is -2.42. The van der Waals surface area contributed by atoms with Crippen molar-refractivity contribution in [1.82, 2.24) is 0 Å². The van der Waals surface area contributed by atoms with Crippen LogP contribution in [0.2, 0.25) is 0 Å². The number of ether oxygens (including phenoxy) is 1. The van der Waals surface area contributed by atoms with E-state index in [1.807, 2.05) is 0 Å². The summed E-state index contributed by atoms with van der Waals surface area (Å²) in [5.74, 6) is -2.05. The molecule has 1 heterocycles. The summed E-state index contributed by atoms with van der Waals surface area (Å²) < 4.78 is 54.7. The molecular weight excluding hydrogens is 276 g/mol. The van der Waals surface area contributed by atoms with Crippen molar-refractivity contribution in [2.45, 2.75) is 22.5 Å². The van der Waals surface area contributed by atoms with Gasteiger partial charge in [0.25, 0.3) is 0 Å². The fourth-order valence-electron chi connectivity index (χ4n) is 2.05. The Morgan fingerprint density at radius 2 is 1.89 bits per heavy atom. The van der Waals surface area contributed by atoms with Gasteiger partial charge in [-0.3, -0.25) is 0 Å². The zero-order valence-corrected chi connectivity index (χ0v) is 10.7. The Balaban J connectivity index is 2.55. The highest BCUT2D eigenvalue weighted by molar-refractivity contribution is 7.93. The summed E-state index contributed by atoms with van der Waals surface area (Å²) in [6, 6.07) is 3.98. The number of sulfone groups is 1. The number of benzene rings is 1. The quantitative estimate of drug-likeness (QED) is 0.778. The molecule has 1 saturated heterocycles. The molecule has 0 saturated carbocycles. The number of hydrogen-bond donors (Lipinski definition) is 0. The Labute approximate surface area is 109 Å². The molecule has 0 unspecified atom stereocenters. The van der Waals surface area contributed by atoms with Gasteiger partial charge in [-0.1, -0.05) is 0 Å². The average Bonchev–Trinajstić information content (AvgIpc) is 2.39. The Morgan fingerprint density at radius 3 is 2.42 bits per heavy atom. The predicted molar refractivity (Wildman–Crippen MR) is 61.9 cm³/mol. The highest BCUT2D eigenvalue weighted by Crippen LogP contribution is 2.35. The molecule has 1 aromatic carbocycles. The third kappa shape index (κ3) is 2.22. The molecular formula is C12H11F2NO3S. The molecule has 19 heavy (non-hydrogen) atoms. The lowest BCUT2D eigenvalue weighted by Gasteiger charge is -2.30. The van der Waals surface area contributed by atoms with Crippen LogP contribution in [-0.4, -0.2) is 26.4 Å². The van der Waals surface area contributed by atoms with Crippen molar-refractivity contribution in [3.63, 3.8) is 0 Å². The Bertz CT molecular complexity index is 631. The second kappa shape index (κ2) is 4.87. The van der Waals surface area contributed by atoms with E-state index in [9.17, 15) is 22.5 Å². The average molecular weight is 287 g/mol. The number of nitriles is 1. The van der Waals surface area contributed by atoms with Gasteiger partial charge < -0.3 is 4.74 Å². The van der Waals surface area contributed by atoms with Crippen molar-refractivity contribution in [2.75, 3.05) is 13.2 Å². The van der Waals surface area contributed by atoms with Gasteiger partial charge in [0.05, 0.1) is 6.07 Å². The maximum absolute atomic E-state index is 13.6. The van der Waals surface area contributed by atoms with Gasteiger partial charge in [-0.15, -0.1) is 0 Å². The second-order valence-corrected chi connectivity index (χ2v) is 6.52. The molecule has 102 valence electrons. The first-order chi connectivity index (χ1) is 8.93. The standard InChI is InChI=1S/C12H11F2NO3S/c13-9-1-2-11(10(14)7-9)19(16,17)12(8-15)3-5-18-6-4-12/h1-2,7H,3-6H2. The second-order valence-electron chi connectivity index (χ2n) is 4.30. The van der Waals surface area contributed by atoms with Crippen LogP contribution < -0.4 is 0 Å². The molecule has 1 aliphatic rings. The Hall–Kier alpha value is -1.52. The zero-order chi connectivity index (χ0) is 14.1.